The van der Waals surface area contributed by atoms with Crippen LogP contribution in [0.25, 0.3) is 0 Å². The Morgan fingerprint density at radius 1 is 1.20 bits per heavy atom. The van der Waals surface area contributed by atoms with Crippen molar-refractivity contribution in [1.29, 1.82) is 0 Å². The number of carbonyl (C=O) groups excluding carboxylic acids is 1. The van der Waals surface area contributed by atoms with Crippen LogP contribution in [0, 0.1) is 0 Å². The standard InChI is InChI=1S/C20H23N3O2/c1-25-18-17(23-19(24)14-6-10-21-11-7-14)15-4-2-3-5-16(15)20(18)8-12-22-13-9-20/h2-7,10-11,17-18,22H,8-9,12-13H2,1H3,(H,23,24)/t17-,18+/m0/s1. The molecule has 0 bridgehead atoms. The Morgan fingerprint density at radius 3 is 2.64 bits per heavy atom. The first kappa shape index (κ1) is 16.2. The number of carbonyl (C=O) groups is 1. The summed E-state index contributed by atoms with van der Waals surface area (Å²) in [4.78, 5) is 16.7. The number of nitrogens with zero attached hydrogens (tertiary/aromatic N) is 1. The highest BCUT2D eigenvalue weighted by Crippen LogP contribution is 2.51. The third-order valence-electron chi connectivity index (χ3n) is 5.66. The highest BCUT2D eigenvalue weighted by Gasteiger charge is 2.53. The molecular weight excluding hydrogens is 314 g/mol. The Kier molecular flexibility index (Phi) is 4.27. The summed E-state index contributed by atoms with van der Waals surface area (Å²) in [6.07, 6.45) is 5.26. The van der Waals surface area contributed by atoms with Crippen molar-refractivity contribution in [3.05, 3.63) is 65.5 Å². The fourth-order valence-corrected chi connectivity index (χ4v) is 4.53. The second-order valence-corrected chi connectivity index (χ2v) is 6.84. The first-order valence-electron chi connectivity index (χ1n) is 8.80. The molecule has 0 radical (unpaired) electrons. The van der Waals surface area contributed by atoms with Gasteiger partial charge < -0.3 is 15.4 Å². The van der Waals surface area contributed by atoms with Crippen LogP contribution in [0.2, 0.25) is 0 Å². The molecule has 1 aromatic heterocycles. The molecule has 4 rings (SSSR count). The highest BCUT2D eigenvalue weighted by atomic mass is 16.5. The van der Waals surface area contributed by atoms with Crippen LogP contribution in [0.5, 0.6) is 0 Å². The predicted octanol–water partition coefficient (Wildman–Crippen LogP) is 2.20. The Morgan fingerprint density at radius 2 is 1.92 bits per heavy atom. The van der Waals surface area contributed by atoms with E-state index in [1.807, 2.05) is 6.07 Å². The van der Waals surface area contributed by atoms with Crippen molar-refractivity contribution in [1.82, 2.24) is 15.6 Å². The summed E-state index contributed by atoms with van der Waals surface area (Å²) in [7, 11) is 1.76. The molecule has 1 fully saturated rings. The SMILES string of the molecule is CO[C@@H]1[C@@H](NC(=O)c2ccncc2)c2ccccc2C12CCNCC2. The zero-order chi connectivity index (χ0) is 17.3. The van der Waals surface area contributed by atoms with E-state index in [0.29, 0.717) is 5.56 Å². The van der Waals surface area contributed by atoms with E-state index in [1.54, 1.807) is 31.6 Å². The smallest absolute Gasteiger partial charge is 0.251 e. The van der Waals surface area contributed by atoms with Crippen molar-refractivity contribution in [2.45, 2.75) is 30.4 Å². The van der Waals surface area contributed by atoms with Crippen LogP contribution in [0.3, 0.4) is 0 Å². The largest absolute Gasteiger partial charge is 0.378 e. The van der Waals surface area contributed by atoms with Crippen LogP contribution >= 0.6 is 0 Å². The van der Waals surface area contributed by atoms with E-state index in [9.17, 15) is 4.79 Å². The molecule has 2 atom stereocenters. The summed E-state index contributed by atoms with van der Waals surface area (Å²) < 4.78 is 5.98. The number of hydrogen-bond donors (Lipinski definition) is 2. The molecule has 5 nitrogen and oxygen atoms in total. The average molecular weight is 337 g/mol. The van der Waals surface area contributed by atoms with Gasteiger partial charge in [0.2, 0.25) is 0 Å². The van der Waals surface area contributed by atoms with E-state index in [2.05, 4.69) is 33.8 Å². The maximum Gasteiger partial charge on any atom is 0.251 e. The quantitative estimate of drug-likeness (QED) is 0.901. The minimum Gasteiger partial charge on any atom is -0.378 e. The molecule has 2 N–H and O–H groups in total. The van der Waals surface area contributed by atoms with Crippen LogP contribution in [0.1, 0.15) is 40.4 Å². The second kappa shape index (κ2) is 6.58. The molecule has 2 heterocycles. The first-order valence-corrected chi connectivity index (χ1v) is 8.80. The summed E-state index contributed by atoms with van der Waals surface area (Å²) in [6, 6.07) is 11.8. The Hall–Kier alpha value is -2.24. The lowest BCUT2D eigenvalue weighted by Crippen LogP contribution is -2.49. The lowest BCUT2D eigenvalue weighted by Gasteiger charge is -2.40. The van der Waals surface area contributed by atoms with Gasteiger partial charge in [-0.05, 0) is 49.2 Å². The van der Waals surface area contributed by atoms with Gasteiger partial charge in [0.15, 0.2) is 0 Å². The minimum absolute atomic E-state index is 0.0349. The topological polar surface area (TPSA) is 63.2 Å². The van der Waals surface area contributed by atoms with Crippen molar-refractivity contribution in [3.63, 3.8) is 0 Å². The number of ether oxygens (including phenoxy) is 1. The number of rotatable bonds is 3. The Balaban J connectivity index is 1.71. The number of aromatic nitrogens is 1. The third kappa shape index (κ3) is 2.64. The lowest BCUT2D eigenvalue weighted by atomic mass is 9.72. The molecule has 0 unspecified atom stereocenters. The van der Waals surface area contributed by atoms with E-state index in [4.69, 9.17) is 4.74 Å². The van der Waals surface area contributed by atoms with Gasteiger partial charge in [0, 0.05) is 30.5 Å². The molecule has 1 spiro atoms. The molecule has 1 aromatic carbocycles. The van der Waals surface area contributed by atoms with E-state index < -0.39 is 0 Å². The monoisotopic (exact) mass is 337 g/mol. The number of pyridine rings is 1. The van der Waals surface area contributed by atoms with Crippen molar-refractivity contribution >= 4 is 5.91 Å². The van der Waals surface area contributed by atoms with Gasteiger partial charge in [-0.1, -0.05) is 24.3 Å². The predicted molar refractivity (Wildman–Crippen MR) is 95.5 cm³/mol. The molecule has 1 aliphatic carbocycles. The summed E-state index contributed by atoms with van der Waals surface area (Å²) >= 11 is 0. The number of amides is 1. The number of methoxy groups -OCH3 is 1. The molecule has 130 valence electrons. The van der Waals surface area contributed by atoms with Crippen LogP contribution in [0.15, 0.2) is 48.8 Å². The van der Waals surface area contributed by atoms with Crippen LogP contribution < -0.4 is 10.6 Å². The highest BCUT2D eigenvalue weighted by molar-refractivity contribution is 5.94. The van der Waals surface area contributed by atoms with Crippen molar-refractivity contribution in [3.8, 4) is 0 Å². The van der Waals surface area contributed by atoms with E-state index >= 15 is 0 Å². The molecule has 25 heavy (non-hydrogen) atoms. The fourth-order valence-electron chi connectivity index (χ4n) is 4.53. The molecule has 2 aromatic rings. The van der Waals surface area contributed by atoms with Gasteiger partial charge in [-0.15, -0.1) is 0 Å². The van der Waals surface area contributed by atoms with E-state index in [-0.39, 0.29) is 23.5 Å². The van der Waals surface area contributed by atoms with Crippen molar-refractivity contribution in [2.24, 2.45) is 0 Å². The molecular formula is C20H23N3O2. The second-order valence-electron chi connectivity index (χ2n) is 6.84. The zero-order valence-electron chi connectivity index (χ0n) is 14.4. The van der Waals surface area contributed by atoms with Gasteiger partial charge in [0.25, 0.3) is 5.91 Å². The van der Waals surface area contributed by atoms with Gasteiger partial charge in [-0.25, -0.2) is 0 Å². The Bertz CT molecular complexity index is 757. The third-order valence-corrected chi connectivity index (χ3v) is 5.66. The van der Waals surface area contributed by atoms with Gasteiger partial charge in [0.05, 0.1) is 12.1 Å². The molecule has 1 saturated heterocycles. The van der Waals surface area contributed by atoms with Crippen molar-refractivity contribution < 1.29 is 9.53 Å². The summed E-state index contributed by atoms with van der Waals surface area (Å²) in [5.41, 5.74) is 3.09. The van der Waals surface area contributed by atoms with E-state index in [0.717, 1.165) is 25.9 Å². The normalized spacial score (nSPS) is 24.0. The van der Waals surface area contributed by atoms with Crippen LogP contribution in [-0.2, 0) is 10.2 Å². The first-order chi connectivity index (χ1) is 12.3. The lowest BCUT2D eigenvalue weighted by molar-refractivity contribution is 0.00397. The number of benzene rings is 1. The molecule has 0 saturated carbocycles. The number of fused-ring (bicyclic) bond motifs is 2. The molecule has 1 amide bonds. The number of hydrogen-bond acceptors (Lipinski definition) is 4. The molecule has 1 aliphatic heterocycles. The molecule has 2 aliphatic rings. The summed E-state index contributed by atoms with van der Waals surface area (Å²) in [5.74, 6) is -0.0877. The fraction of sp³-hybridized carbons (Fsp3) is 0.400. The summed E-state index contributed by atoms with van der Waals surface area (Å²) in [6.45, 7) is 1.94. The summed E-state index contributed by atoms with van der Waals surface area (Å²) in [5, 5.41) is 6.65. The maximum atomic E-state index is 12.7. The van der Waals surface area contributed by atoms with Crippen LogP contribution in [-0.4, -0.2) is 37.2 Å². The zero-order valence-corrected chi connectivity index (χ0v) is 14.4. The van der Waals surface area contributed by atoms with Crippen molar-refractivity contribution in [2.75, 3.05) is 20.2 Å². The van der Waals surface area contributed by atoms with Gasteiger partial charge in [0.1, 0.15) is 0 Å². The Labute approximate surface area is 147 Å². The minimum atomic E-state index is -0.139. The maximum absolute atomic E-state index is 12.7. The van der Waals surface area contributed by atoms with E-state index in [1.165, 1.54) is 11.1 Å². The molecule has 5 heteroatoms. The average Bonchev–Trinajstić information content (AvgIpc) is 2.92. The van der Waals surface area contributed by atoms with Gasteiger partial charge in [-0.3, -0.25) is 9.78 Å². The van der Waals surface area contributed by atoms with Gasteiger partial charge >= 0.3 is 0 Å². The number of piperidine rings is 1. The van der Waals surface area contributed by atoms with Crippen LogP contribution in [0.4, 0.5) is 0 Å². The number of nitrogens with one attached hydrogen (secondary N) is 2. The van der Waals surface area contributed by atoms with Gasteiger partial charge in [-0.2, -0.15) is 0 Å².